The Kier molecular flexibility index (Phi) is 9.21. The third-order valence-corrected chi connectivity index (χ3v) is 5.28. The van der Waals surface area contributed by atoms with Gasteiger partial charge in [-0.2, -0.15) is 0 Å². The van der Waals surface area contributed by atoms with Gasteiger partial charge in [0.05, 0.1) is 30.5 Å². The van der Waals surface area contributed by atoms with Crippen LogP contribution in [0.3, 0.4) is 0 Å². The van der Waals surface area contributed by atoms with Crippen molar-refractivity contribution in [2.24, 2.45) is 10.9 Å². The molecule has 1 atom stereocenters. The first-order valence-corrected chi connectivity index (χ1v) is 10.2. The summed E-state index contributed by atoms with van der Waals surface area (Å²) in [6.45, 7) is 10.1. The number of methoxy groups -OCH3 is 1. The number of guanidine groups is 1. The van der Waals surface area contributed by atoms with Crippen LogP contribution in [0.25, 0.3) is 0 Å². The van der Waals surface area contributed by atoms with Crippen molar-refractivity contribution < 1.29 is 9.47 Å². The Balaban J connectivity index is 1.78. The van der Waals surface area contributed by atoms with E-state index in [0.29, 0.717) is 19.1 Å². The minimum atomic E-state index is 0.575. The maximum absolute atomic E-state index is 5.68. The Labute approximate surface area is 155 Å². The first-order valence-electron chi connectivity index (χ1n) is 9.30. The summed E-state index contributed by atoms with van der Waals surface area (Å²) in [5.41, 5.74) is 1.16. The molecule has 0 spiro atoms. The van der Waals surface area contributed by atoms with E-state index in [9.17, 15) is 0 Å². The van der Waals surface area contributed by atoms with Gasteiger partial charge < -0.3 is 19.7 Å². The summed E-state index contributed by atoms with van der Waals surface area (Å²) in [7, 11) is 1.70. The molecule has 0 aromatic carbocycles. The van der Waals surface area contributed by atoms with E-state index in [1.807, 2.05) is 0 Å². The number of thiazole rings is 1. The van der Waals surface area contributed by atoms with E-state index in [1.165, 1.54) is 5.01 Å². The monoisotopic (exact) mass is 368 g/mol. The standard InChI is InChI=1S/C18H32N4O2S/c1-4-17-21-16(14-25-17)6-8-20-18(19-5-2)22-9-7-15(12-22)13-24-11-10-23-3/h14-15H,4-13H2,1-3H3,(H,19,20). The topological polar surface area (TPSA) is 59.0 Å². The van der Waals surface area contributed by atoms with Crippen molar-refractivity contribution in [3.8, 4) is 0 Å². The average molecular weight is 369 g/mol. The number of aryl methyl sites for hydroxylation is 1. The largest absolute Gasteiger partial charge is 0.382 e. The molecule has 1 aromatic heterocycles. The molecular weight excluding hydrogens is 336 g/mol. The van der Waals surface area contributed by atoms with Gasteiger partial charge in [-0.25, -0.2) is 4.98 Å². The quantitative estimate of drug-likeness (QED) is 0.390. The first kappa shape index (κ1) is 20.1. The Hall–Kier alpha value is -1.18. The Morgan fingerprint density at radius 1 is 1.44 bits per heavy atom. The number of ether oxygens (including phenoxy) is 2. The lowest BCUT2D eigenvalue weighted by atomic mass is 10.1. The fourth-order valence-corrected chi connectivity index (χ4v) is 3.66. The smallest absolute Gasteiger partial charge is 0.193 e. The number of nitrogens with one attached hydrogen (secondary N) is 1. The highest BCUT2D eigenvalue weighted by Crippen LogP contribution is 2.17. The van der Waals surface area contributed by atoms with E-state index in [4.69, 9.17) is 14.5 Å². The second-order valence-electron chi connectivity index (χ2n) is 6.24. The molecule has 142 valence electrons. The van der Waals surface area contributed by atoms with Gasteiger partial charge in [-0.3, -0.25) is 4.99 Å². The Bertz CT molecular complexity index is 521. The highest BCUT2D eigenvalue weighted by molar-refractivity contribution is 7.09. The molecule has 1 fully saturated rings. The zero-order valence-corrected chi connectivity index (χ0v) is 16.6. The summed E-state index contributed by atoms with van der Waals surface area (Å²) in [4.78, 5) is 11.8. The number of hydrogen-bond acceptors (Lipinski definition) is 5. The van der Waals surface area contributed by atoms with Gasteiger partial charge >= 0.3 is 0 Å². The molecule has 0 aliphatic carbocycles. The summed E-state index contributed by atoms with van der Waals surface area (Å²) in [6.07, 6.45) is 3.07. The van der Waals surface area contributed by atoms with Gasteiger partial charge in [0, 0.05) is 51.0 Å². The van der Waals surface area contributed by atoms with Crippen LogP contribution in [0.15, 0.2) is 10.4 Å². The van der Waals surface area contributed by atoms with Crippen LogP contribution in [-0.4, -0.2) is 69.0 Å². The molecule has 1 N–H and O–H groups in total. The van der Waals surface area contributed by atoms with E-state index in [0.717, 1.165) is 63.7 Å². The lowest BCUT2D eigenvalue weighted by Crippen LogP contribution is -2.40. The number of likely N-dealkylation sites (tertiary alicyclic amines) is 1. The zero-order valence-electron chi connectivity index (χ0n) is 15.8. The van der Waals surface area contributed by atoms with Crippen LogP contribution in [0.5, 0.6) is 0 Å². The molecule has 1 saturated heterocycles. The van der Waals surface area contributed by atoms with Crippen LogP contribution in [0.2, 0.25) is 0 Å². The minimum Gasteiger partial charge on any atom is -0.382 e. The molecule has 6 nitrogen and oxygen atoms in total. The maximum Gasteiger partial charge on any atom is 0.193 e. The van der Waals surface area contributed by atoms with Gasteiger partial charge in [-0.05, 0) is 19.8 Å². The molecule has 25 heavy (non-hydrogen) atoms. The number of hydrogen-bond donors (Lipinski definition) is 1. The molecule has 1 unspecified atom stereocenters. The van der Waals surface area contributed by atoms with E-state index < -0.39 is 0 Å². The molecular formula is C18H32N4O2S. The van der Waals surface area contributed by atoms with E-state index in [-0.39, 0.29) is 0 Å². The number of nitrogens with zero attached hydrogens (tertiary/aromatic N) is 3. The molecule has 1 aliphatic heterocycles. The lowest BCUT2D eigenvalue weighted by molar-refractivity contribution is 0.0536. The third-order valence-electron chi connectivity index (χ3n) is 4.24. The summed E-state index contributed by atoms with van der Waals surface area (Å²) in [6, 6.07) is 0. The van der Waals surface area contributed by atoms with Crippen molar-refractivity contribution in [1.82, 2.24) is 15.2 Å². The molecule has 1 aromatic rings. The minimum absolute atomic E-state index is 0.575. The van der Waals surface area contributed by atoms with Crippen molar-refractivity contribution in [3.05, 3.63) is 16.1 Å². The highest BCUT2D eigenvalue weighted by Gasteiger charge is 2.24. The molecule has 2 heterocycles. The molecule has 2 rings (SSSR count). The zero-order chi connectivity index (χ0) is 17.9. The fourth-order valence-electron chi connectivity index (χ4n) is 2.88. The number of rotatable bonds is 10. The molecule has 0 saturated carbocycles. The van der Waals surface area contributed by atoms with Gasteiger partial charge in [-0.15, -0.1) is 11.3 Å². The van der Waals surface area contributed by atoms with Crippen molar-refractivity contribution >= 4 is 17.3 Å². The van der Waals surface area contributed by atoms with Crippen molar-refractivity contribution in [2.75, 3.05) is 53.1 Å². The Morgan fingerprint density at radius 3 is 3.04 bits per heavy atom. The average Bonchev–Trinajstić information content (AvgIpc) is 3.27. The first-order chi connectivity index (χ1) is 12.3. The van der Waals surface area contributed by atoms with E-state index >= 15 is 0 Å². The van der Waals surface area contributed by atoms with Crippen molar-refractivity contribution in [2.45, 2.75) is 33.1 Å². The molecule has 0 bridgehead atoms. The van der Waals surface area contributed by atoms with Gasteiger partial charge in [0.2, 0.25) is 0 Å². The second-order valence-corrected chi connectivity index (χ2v) is 7.18. The summed E-state index contributed by atoms with van der Waals surface area (Å²) in [5, 5.41) is 6.79. The molecule has 0 radical (unpaired) electrons. The lowest BCUT2D eigenvalue weighted by Gasteiger charge is -2.21. The van der Waals surface area contributed by atoms with Gasteiger partial charge in [0.1, 0.15) is 0 Å². The van der Waals surface area contributed by atoms with E-state index in [1.54, 1.807) is 18.4 Å². The van der Waals surface area contributed by atoms with Crippen LogP contribution < -0.4 is 5.32 Å². The van der Waals surface area contributed by atoms with Gasteiger partial charge in [-0.1, -0.05) is 6.92 Å². The normalized spacial score (nSPS) is 18.1. The Morgan fingerprint density at radius 2 is 2.32 bits per heavy atom. The van der Waals surface area contributed by atoms with E-state index in [2.05, 4.69) is 34.4 Å². The van der Waals surface area contributed by atoms with Crippen LogP contribution in [0, 0.1) is 5.92 Å². The molecule has 0 amide bonds. The van der Waals surface area contributed by atoms with Crippen molar-refractivity contribution in [1.29, 1.82) is 0 Å². The highest BCUT2D eigenvalue weighted by atomic mass is 32.1. The van der Waals surface area contributed by atoms with Gasteiger partial charge in [0.15, 0.2) is 5.96 Å². The predicted octanol–water partition coefficient (Wildman–Crippen LogP) is 2.20. The second kappa shape index (κ2) is 11.4. The number of aromatic nitrogens is 1. The number of aliphatic imine (C=N–C) groups is 1. The molecule has 7 heteroatoms. The maximum atomic E-state index is 5.68. The fraction of sp³-hybridized carbons (Fsp3) is 0.778. The van der Waals surface area contributed by atoms with Gasteiger partial charge in [0.25, 0.3) is 0 Å². The summed E-state index contributed by atoms with van der Waals surface area (Å²) >= 11 is 1.75. The third kappa shape index (κ3) is 6.92. The van der Waals surface area contributed by atoms with Crippen molar-refractivity contribution in [3.63, 3.8) is 0 Å². The SMILES string of the molecule is CCNC(=NCCc1csc(CC)n1)N1CCC(COCCOC)C1. The van der Waals surface area contributed by atoms with Crippen LogP contribution >= 0.6 is 11.3 Å². The van der Waals surface area contributed by atoms with Crippen LogP contribution in [0.4, 0.5) is 0 Å². The summed E-state index contributed by atoms with van der Waals surface area (Å²) < 4.78 is 10.7. The van der Waals surface area contributed by atoms with Crippen LogP contribution in [0.1, 0.15) is 31.0 Å². The molecule has 1 aliphatic rings. The van der Waals surface area contributed by atoms with Crippen LogP contribution in [-0.2, 0) is 22.3 Å². The predicted molar refractivity (Wildman–Crippen MR) is 104 cm³/mol. The summed E-state index contributed by atoms with van der Waals surface area (Å²) in [5.74, 6) is 1.60.